The van der Waals surface area contributed by atoms with E-state index in [2.05, 4.69) is 24.3 Å². The second kappa shape index (κ2) is 8.63. The molecule has 5 heteroatoms. The van der Waals surface area contributed by atoms with Gasteiger partial charge in [-0.05, 0) is 46.7 Å². The van der Waals surface area contributed by atoms with Crippen molar-refractivity contribution in [3.8, 4) is 17.2 Å². The molecule has 0 saturated carbocycles. The highest BCUT2D eigenvalue weighted by atomic mass is 16.5. The maximum atomic E-state index is 13.6. The molecule has 0 radical (unpaired) electrons. The number of para-hydroxylation sites is 1. The summed E-state index contributed by atoms with van der Waals surface area (Å²) in [4.78, 5) is 18.4. The predicted molar refractivity (Wildman–Crippen MR) is 133 cm³/mol. The van der Waals surface area contributed by atoms with Crippen LogP contribution in [0.25, 0.3) is 39.5 Å². The molecule has 5 aromatic rings. The topological polar surface area (TPSA) is 53.4 Å². The van der Waals surface area contributed by atoms with Crippen LogP contribution >= 0.6 is 0 Å². The molecule has 0 aliphatic heterocycles. The Hall–Kier alpha value is -4.38. The lowest BCUT2D eigenvalue weighted by atomic mass is 10.0. The number of methoxy groups -OCH3 is 2. The number of benzene rings is 4. The largest absolute Gasteiger partial charge is 0.497 e. The van der Waals surface area contributed by atoms with E-state index in [1.54, 1.807) is 37.0 Å². The SMILES string of the molecule is COc1ccc(-n2c(/C=C/c3cccc4ccccc34)nc3ccccc3c2=O)c(OC)c1. The third kappa shape index (κ3) is 3.74. The summed E-state index contributed by atoms with van der Waals surface area (Å²) in [5.74, 6) is 1.67. The lowest BCUT2D eigenvalue weighted by Crippen LogP contribution is -2.22. The Balaban J connectivity index is 1.75. The number of fused-ring (bicyclic) bond motifs is 2. The van der Waals surface area contributed by atoms with E-state index >= 15 is 0 Å². The average Bonchev–Trinajstić information content (AvgIpc) is 2.87. The molecule has 0 fully saturated rings. The second-order valence-electron chi connectivity index (χ2n) is 7.57. The van der Waals surface area contributed by atoms with Crippen molar-refractivity contribution >= 4 is 33.8 Å². The highest BCUT2D eigenvalue weighted by molar-refractivity contribution is 5.92. The van der Waals surface area contributed by atoms with Gasteiger partial charge in [0.15, 0.2) is 0 Å². The monoisotopic (exact) mass is 434 g/mol. The summed E-state index contributed by atoms with van der Waals surface area (Å²) >= 11 is 0. The van der Waals surface area contributed by atoms with Crippen LogP contribution in [0.3, 0.4) is 0 Å². The van der Waals surface area contributed by atoms with Gasteiger partial charge in [-0.2, -0.15) is 0 Å². The third-order valence-corrected chi connectivity index (χ3v) is 5.66. The Morgan fingerprint density at radius 3 is 2.36 bits per heavy atom. The molecule has 1 heterocycles. The molecule has 0 N–H and O–H groups in total. The van der Waals surface area contributed by atoms with Gasteiger partial charge in [0, 0.05) is 6.07 Å². The Morgan fingerprint density at radius 2 is 1.55 bits per heavy atom. The maximum Gasteiger partial charge on any atom is 0.266 e. The first-order valence-corrected chi connectivity index (χ1v) is 10.6. The van der Waals surface area contributed by atoms with Crippen molar-refractivity contribution in [1.29, 1.82) is 0 Å². The van der Waals surface area contributed by atoms with Gasteiger partial charge in [-0.3, -0.25) is 9.36 Å². The molecule has 0 unspecified atom stereocenters. The predicted octanol–water partition coefficient (Wildman–Crippen LogP) is 5.73. The quantitative estimate of drug-likeness (QED) is 0.355. The molecule has 4 aromatic carbocycles. The number of hydrogen-bond donors (Lipinski definition) is 0. The maximum absolute atomic E-state index is 13.6. The van der Waals surface area contributed by atoms with Crippen LogP contribution in [-0.2, 0) is 0 Å². The van der Waals surface area contributed by atoms with Crippen molar-refractivity contribution in [2.45, 2.75) is 0 Å². The average molecular weight is 434 g/mol. The zero-order valence-electron chi connectivity index (χ0n) is 18.4. The van der Waals surface area contributed by atoms with Crippen LogP contribution in [0.5, 0.6) is 11.5 Å². The van der Waals surface area contributed by atoms with Crippen molar-refractivity contribution in [1.82, 2.24) is 9.55 Å². The van der Waals surface area contributed by atoms with Crippen molar-refractivity contribution in [3.63, 3.8) is 0 Å². The Labute approximate surface area is 191 Å². The molecule has 0 spiro atoms. The standard InChI is InChI=1S/C28H22N2O3/c1-32-21-15-16-25(26(18-21)33-2)30-27(29-24-13-6-5-12-23(24)28(30)31)17-14-20-10-7-9-19-8-3-4-11-22(19)20/h3-18H,1-2H3/b17-14+. The van der Waals surface area contributed by atoms with Crippen molar-refractivity contribution in [2.24, 2.45) is 0 Å². The van der Waals surface area contributed by atoms with E-state index in [-0.39, 0.29) is 5.56 Å². The minimum Gasteiger partial charge on any atom is -0.497 e. The third-order valence-electron chi connectivity index (χ3n) is 5.66. The lowest BCUT2D eigenvalue weighted by molar-refractivity contribution is 0.393. The van der Waals surface area contributed by atoms with Gasteiger partial charge in [0.1, 0.15) is 17.3 Å². The highest BCUT2D eigenvalue weighted by Crippen LogP contribution is 2.29. The molecule has 5 nitrogen and oxygen atoms in total. The minimum absolute atomic E-state index is 0.165. The van der Waals surface area contributed by atoms with E-state index in [4.69, 9.17) is 14.5 Å². The Kier molecular flexibility index (Phi) is 5.37. The fraction of sp³-hybridized carbons (Fsp3) is 0.0714. The summed E-state index contributed by atoms with van der Waals surface area (Å²) in [7, 11) is 3.17. The number of aromatic nitrogens is 2. The normalized spacial score (nSPS) is 11.3. The molecule has 0 atom stereocenters. The van der Waals surface area contributed by atoms with Gasteiger partial charge in [0.2, 0.25) is 0 Å². The van der Waals surface area contributed by atoms with Crippen molar-refractivity contribution in [2.75, 3.05) is 14.2 Å². The highest BCUT2D eigenvalue weighted by Gasteiger charge is 2.15. The van der Waals surface area contributed by atoms with Gasteiger partial charge in [-0.25, -0.2) is 4.98 Å². The van der Waals surface area contributed by atoms with E-state index < -0.39 is 0 Å². The van der Waals surface area contributed by atoms with Crippen LogP contribution in [0.1, 0.15) is 11.4 Å². The van der Waals surface area contributed by atoms with Gasteiger partial charge in [-0.15, -0.1) is 0 Å². The second-order valence-corrected chi connectivity index (χ2v) is 7.57. The first kappa shape index (κ1) is 20.5. The summed E-state index contributed by atoms with van der Waals surface area (Å²) in [6, 6.07) is 27.1. The molecule has 5 rings (SSSR count). The molecular weight excluding hydrogens is 412 g/mol. The van der Waals surface area contributed by atoms with Gasteiger partial charge in [0.25, 0.3) is 5.56 Å². The smallest absolute Gasteiger partial charge is 0.266 e. The van der Waals surface area contributed by atoms with E-state index in [9.17, 15) is 4.79 Å². The summed E-state index contributed by atoms with van der Waals surface area (Å²) in [5, 5.41) is 2.82. The summed E-state index contributed by atoms with van der Waals surface area (Å²) in [6.07, 6.45) is 3.87. The molecule has 33 heavy (non-hydrogen) atoms. The van der Waals surface area contributed by atoms with Crippen molar-refractivity contribution < 1.29 is 9.47 Å². The zero-order valence-corrected chi connectivity index (χ0v) is 18.4. The van der Waals surface area contributed by atoms with Gasteiger partial charge in [-0.1, -0.05) is 60.7 Å². The van der Waals surface area contributed by atoms with Crippen LogP contribution in [0.15, 0.2) is 89.7 Å². The van der Waals surface area contributed by atoms with E-state index in [1.165, 1.54) is 0 Å². The van der Waals surface area contributed by atoms with Crippen LogP contribution in [0, 0.1) is 0 Å². The number of ether oxygens (including phenoxy) is 2. The first-order chi connectivity index (χ1) is 16.2. The summed E-state index contributed by atoms with van der Waals surface area (Å²) < 4.78 is 12.5. The molecule has 0 saturated heterocycles. The number of hydrogen-bond acceptors (Lipinski definition) is 4. The molecule has 162 valence electrons. The minimum atomic E-state index is -0.165. The van der Waals surface area contributed by atoms with E-state index in [1.807, 2.05) is 54.6 Å². The fourth-order valence-corrected chi connectivity index (χ4v) is 4.02. The fourth-order valence-electron chi connectivity index (χ4n) is 4.02. The summed E-state index contributed by atoms with van der Waals surface area (Å²) in [5.41, 5.74) is 2.12. The Bertz CT molecular complexity index is 1560. The van der Waals surface area contributed by atoms with E-state index in [0.29, 0.717) is 33.9 Å². The van der Waals surface area contributed by atoms with E-state index in [0.717, 1.165) is 16.3 Å². The van der Waals surface area contributed by atoms with Crippen LogP contribution < -0.4 is 15.0 Å². The van der Waals surface area contributed by atoms with Gasteiger partial charge >= 0.3 is 0 Å². The number of nitrogens with zero attached hydrogens (tertiary/aromatic N) is 2. The van der Waals surface area contributed by atoms with Gasteiger partial charge in [0.05, 0.1) is 30.8 Å². The van der Waals surface area contributed by atoms with Crippen LogP contribution in [0.2, 0.25) is 0 Å². The van der Waals surface area contributed by atoms with Crippen LogP contribution in [-0.4, -0.2) is 23.8 Å². The first-order valence-electron chi connectivity index (χ1n) is 10.6. The Morgan fingerprint density at radius 1 is 0.788 bits per heavy atom. The molecule has 0 amide bonds. The molecule has 0 aliphatic rings. The molecule has 0 bridgehead atoms. The van der Waals surface area contributed by atoms with Crippen molar-refractivity contribution in [3.05, 3.63) is 107 Å². The summed E-state index contributed by atoms with van der Waals surface area (Å²) in [6.45, 7) is 0. The lowest BCUT2D eigenvalue weighted by Gasteiger charge is -2.15. The van der Waals surface area contributed by atoms with Gasteiger partial charge < -0.3 is 9.47 Å². The number of rotatable bonds is 5. The molecular formula is C28H22N2O3. The molecule has 0 aliphatic carbocycles. The zero-order chi connectivity index (χ0) is 22.8. The van der Waals surface area contributed by atoms with Crippen LogP contribution in [0.4, 0.5) is 0 Å². The molecule has 1 aromatic heterocycles.